The Balaban J connectivity index is 2.91. The number of nitro groups is 1. The van der Waals surface area contributed by atoms with E-state index in [0.29, 0.717) is 5.69 Å². The highest BCUT2D eigenvalue weighted by atomic mass is 16.6. The SMILES string of the molecule is CC(C)c1cc(C(=O)O)c2cccc([N+](=O)[O-])c2n1. The molecule has 0 bridgehead atoms. The quantitative estimate of drug-likeness (QED) is 0.676. The summed E-state index contributed by atoms with van der Waals surface area (Å²) in [7, 11) is 0. The normalized spacial score (nSPS) is 10.9. The molecule has 1 aromatic heterocycles. The number of hydrogen-bond acceptors (Lipinski definition) is 4. The third-order valence-electron chi connectivity index (χ3n) is 2.86. The lowest BCUT2D eigenvalue weighted by molar-refractivity contribution is -0.383. The fraction of sp³-hybridized carbons (Fsp3) is 0.231. The lowest BCUT2D eigenvalue weighted by Gasteiger charge is -2.09. The van der Waals surface area contributed by atoms with E-state index in [4.69, 9.17) is 0 Å². The van der Waals surface area contributed by atoms with E-state index in [1.165, 1.54) is 24.3 Å². The Labute approximate surface area is 108 Å². The van der Waals surface area contributed by atoms with Crippen LogP contribution in [0.25, 0.3) is 10.9 Å². The number of para-hydroxylation sites is 1. The van der Waals surface area contributed by atoms with Crippen molar-refractivity contribution in [1.82, 2.24) is 4.98 Å². The summed E-state index contributed by atoms with van der Waals surface area (Å²) in [4.78, 5) is 26.0. The Morgan fingerprint density at radius 1 is 1.42 bits per heavy atom. The number of non-ortho nitro benzene ring substituents is 1. The van der Waals surface area contributed by atoms with E-state index in [9.17, 15) is 20.0 Å². The first-order valence-electron chi connectivity index (χ1n) is 5.73. The van der Waals surface area contributed by atoms with Crippen molar-refractivity contribution in [1.29, 1.82) is 0 Å². The van der Waals surface area contributed by atoms with Gasteiger partial charge in [0.25, 0.3) is 5.69 Å². The van der Waals surface area contributed by atoms with Crippen LogP contribution < -0.4 is 0 Å². The van der Waals surface area contributed by atoms with Gasteiger partial charge < -0.3 is 5.11 Å². The van der Waals surface area contributed by atoms with Crippen LogP contribution in [-0.2, 0) is 0 Å². The maximum atomic E-state index is 11.3. The molecule has 2 aromatic rings. The molecule has 0 saturated heterocycles. The van der Waals surface area contributed by atoms with Gasteiger partial charge in [-0.3, -0.25) is 10.1 Å². The molecule has 0 atom stereocenters. The molecule has 19 heavy (non-hydrogen) atoms. The van der Waals surface area contributed by atoms with Gasteiger partial charge in [0, 0.05) is 17.1 Å². The van der Waals surface area contributed by atoms with Crippen LogP contribution in [0.15, 0.2) is 24.3 Å². The number of aromatic nitrogens is 1. The Morgan fingerprint density at radius 2 is 2.11 bits per heavy atom. The van der Waals surface area contributed by atoms with Crippen molar-refractivity contribution >= 4 is 22.6 Å². The highest BCUT2D eigenvalue weighted by Gasteiger charge is 2.19. The third-order valence-corrected chi connectivity index (χ3v) is 2.86. The molecular weight excluding hydrogens is 248 g/mol. The van der Waals surface area contributed by atoms with Gasteiger partial charge in [-0.05, 0) is 12.0 Å². The number of nitrogens with zero attached hydrogens (tertiary/aromatic N) is 2. The molecule has 1 heterocycles. The molecule has 6 nitrogen and oxygen atoms in total. The van der Waals surface area contributed by atoms with Crippen LogP contribution in [0, 0.1) is 10.1 Å². The minimum atomic E-state index is -1.12. The standard InChI is InChI=1S/C13H12N2O4/c1-7(2)10-6-9(13(16)17)8-4-3-5-11(15(18)19)12(8)14-10/h3-7H,1-2H3,(H,16,17). The average Bonchev–Trinajstić information content (AvgIpc) is 2.36. The first-order chi connectivity index (χ1) is 8.91. The van der Waals surface area contributed by atoms with E-state index >= 15 is 0 Å². The molecule has 0 unspecified atom stereocenters. The molecule has 0 spiro atoms. The predicted octanol–water partition coefficient (Wildman–Crippen LogP) is 2.96. The zero-order valence-electron chi connectivity index (χ0n) is 10.5. The average molecular weight is 260 g/mol. The molecule has 6 heteroatoms. The number of rotatable bonds is 3. The fourth-order valence-electron chi connectivity index (χ4n) is 1.87. The van der Waals surface area contributed by atoms with E-state index in [0.717, 1.165) is 0 Å². The Hall–Kier alpha value is -2.50. The molecule has 0 aliphatic carbocycles. The van der Waals surface area contributed by atoms with Crippen molar-refractivity contribution in [2.75, 3.05) is 0 Å². The molecule has 1 aromatic carbocycles. The monoisotopic (exact) mass is 260 g/mol. The second-order valence-corrected chi connectivity index (χ2v) is 4.48. The Morgan fingerprint density at radius 3 is 2.63 bits per heavy atom. The van der Waals surface area contributed by atoms with Gasteiger partial charge in [-0.25, -0.2) is 9.78 Å². The Kier molecular flexibility index (Phi) is 3.16. The number of carboxylic acids is 1. The smallest absolute Gasteiger partial charge is 0.336 e. The summed E-state index contributed by atoms with van der Waals surface area (Å²) in [5.41, 5.74) is 0.509. The lowest BCUT2D eigenvalue weighted by atomic mass is 10.0. The fourth-order valence-corrected chi connectivity index (χ4v) is 1.87. The van der Waals surface area contributed by atoms with Crippen LogP contribution in [0.5, 0.6) is 0 Å². The zero-order valence-corrected chi connectivity index (χ0v) is 10.5. The topological polar surface area (TPSA) is 93.3 Å². The molecule has 0 aliphatic rings. The van der Waals surface area contributed by atoms with Gasteiger partial charge in [-0.15, -0.1) is 0 Å². The van der Waals surface area contributed by atoms with Gasteiger partial charge in [0.05, 0.1) is 10.5 Å². The second kappa shape index (κ2) is 4.64. The van der Waals surface area contributed by atoms with E-state index in [1.54, 1.807) is 0 Å². The summed E-state index contributed by atoms with van der Waals surface area (Å²) < 4.78 is 0. The summed E-state index contributed by atoms with van der Waals surface area (Å²) in [6.07, 6.45) is 0. The summed E-state index contributed by atoms with van der Waals surface area (Å²) in [5.74, 6) is -1.13. The highest BCUT2D eigenvalue weighted by Crippen LogP contribution is 2.28. The minimum absolute atomic E-state index is 0.0117. The first kappa shape index (κ1) is 12.9. The predicted molar refractivity (Wildman–Crippen MR) is 69.4 cm³/mol. The number of nitro benzene ring substituents is 1. The molecular formula is C13H12N2O4. The van der Waals surface area contributed by atoms with E-state index in [2.05, 4.69) is 4.98 Å². The van der Waals surface area contributed by atoms with Gasteiger partial charge in [0.15, 0.2) is 0 Å². The van der Waals surface area contributed by atoms with Crippen LogP contribution in [0.4, 0.5) is 5.69 Å². The number of benzene rings is 1. The van der Waals surface area contributed by atoms with Crippen LogP contribution in [0.3, 0.4) is 0 Å². The summed E-state index contributed by atoms with van der Waals surface area (Å²) in [5, 5.41) is 20.5. The van der Waals surface area contributed by atoms with Gasteiger partial charge in [0.1, 0.15) is 5.52 Å². The molecule has 1 N–H and O–H groups in total. The summed E-state index contributed by atoms with van der Waals surface area (Å²) >= 11 is 0. The first-order valence-corrected chi connectivity index (χ1v) is 5.73. The Bertz CT molecular complexity index is 680. The number of carboxylic acid groups (broad SMARTS) is 1. The molecule has 0 saturated carbocycles. The zero-order chi connectivity index (χ0) is 14.2. The van der Waals surface area contributed by atoms with Gasteiger partial charge in [-0.1, -0.05) is 26.0 Å². The third kappa shape index (κ3) is 2.24. The van der Waals surface area contributed by atoms with Crippen molar-refractivity contribution in [2.24, 2.45) is 0 Å². The van der Waals surface area contributed by atoms with Gasteiger partial charge >= 0.3 is 5.97 Å². The molecule has 98 valence electrons. The second-order valence-electron chi connectivity index (χ2n) is 4.48. The van der Waals surface area contributed by atoms with Crippen molar-refractivity contribution < 1.29 is 14.8 Å². The minimum Gasteiger partial charge on any atom is -0.478 e. The number of carbonyl (C=O) groups is 1. The maximum absolute atomic E-state index is 11.3. The van der Waals surface area contributed by atoms with Crippen molar-refractivity contribution in [2.45, 2.75) is 19.8 Å². The molecule has 0 fully saturated rings. The highest BCUT2D eigenvalue weighted by molar-refractivity contribution is 6.04. The number of pyridine rings is 1. The molecule has 2 rings (SSSR count). The largest absolute Gasteiger partial charge is 0.478 e. The number of hydrogen-bond donors (Lipinski definition) is 1. The molecule has 0 aliphatic heterocycles. The van der Waals surface area contributed by atoms with E-state index in [-0.39, 0.29) is 28.1 Å². The number of aromatic carboxylic acids is 1. The van der Waals surface area contributed by atoms with E-state index < -0.39 is 10.9 Å². The van der Waals surface area contributed by atoms with Gasteiger partial charge in [0.2, 0.25) is 0 Å². The number of fused-ring (bicyclic) bond motifs is 1. The van der Waals surface area contributed by atoms with E-state index in [1.807, 2.05) is 13.8 Å². The van der Waals surface area contributed by atoms with Gasteiger partial charge in [-0.2, -0.15) is 0 Å². The molecule has 0 radical (unpaired) electrons. The summed E-state index contributed by atoms with van der Waals surface area (Å²) in [6, 6.07) is 5.79. The van der Waals surface area contributed by atoms with Crippen LogP contribution in [-0.4, -0.2) is 21.0 Å². The van der Waals surface area contributed by atoms with Crippen LogP contribution >= 0.6 is 0 Å². The maximum Gasteiger partial charge on any atom is 0.336 e. The van der Waals surface area contributed by atoms with Crippen LogP contribution in [0.1, 0.15) is 35.8 Å². The van der Waals surface area contributed by atoms with Crippen molar-refractivity contribution in [3.8, 4) is 0 Å². The van der Waals surface area contributed by atoms with Crippen LogP contribution in [0.2, 0.25) is 0 Å². The molecule has 0 amide bonds. The lowest BCUT2D eigenvalue weighted by Crippen LogP contribution is -2.04. The van der Waals surface area contributed by atoms with Crippen molar-refractivity contribution in [3.63, 3.8) is 0 Å². The van der Waals surface area contributed by atoms with Crippen molar-refractivity contribution in [3.05, 3.63) is 45.6 Å². The summed E-state index contributed by atoms with van der Waals surface area (Å²) in [6.45, 7) is 3.71.